The third-order valence-electron chi connectivity index (χ3n) is 12.6. The predicted molar refractivity (Wildman–Crippen MR) is 245 cm³/mol. The summed E-state index contributed by atoms with van der Waals surface area (Å²) in [6.07, 6.45) is 9.46. The molecule has 65 heavy (non-hydrogen) atoms. The number of ether oxygens (including phenoxy) is 4. The molecule has 13 atom stereocenters. The van der Waals surface area contributed by atoms with Gasteiger partial charge in [0.25, 0.3) is 0 Å². The molecule has 1 saturated heterocycles. The topological polar surface area (TPSA) is 272 Å². The van der Waals surface area contributed by atoms with Crippen molar-refractivity contribution in [1.29, 1.82) is 0 Å². The molecule has 0 spiro atoms. The molecule has 386 valence electrons. The van der Waals surface area contributed by atoms with Gasteiger partial charge in [-0.2, -0.15) is 0 Å². The van der Waals surface area contributed by atoms with Gasteiger partial charge >= 0.3 is 13.8 Å². The summed E-state index contributed by atoms with van der Waals surface area (Å²) in [6, 6.07) is 0. The highest BCUT2D eigenvalue weighted by molar-refractivity contribution is 7.47. The Morgan fingerprint density at radius 3 is 1.42 bits per heavy atom. The molecule has 2 fully saturated rings. The zero-order valence-corrected chi connectivity index (χ0v) is 40.7. The van der Waals surface area contributed by atoms with Gasteiger partial charge in [-0.3, -0.25) is 13.8 Å². The van der Waals surface area contributed by atoms with Gasteiger partial charge < -0.3 is 64.7 Å². The molecule has 0 aromatic carbocycles. The minimum absolute atomic E-state index is 0.206. The Morgan fingerprint density at radius 1 is 0.538 bits per heavy atom. The molecule has 2 rings (SSSR count). The monoisotopic (exact) mass is 959 g/mol. The SMILES string of the molecule is CCCCCCCCCCCCCCCCO[C@@H](COC(=O)CCCCCCCCCCCCCCC)COP(=O)(O)O[C@@H]1C(O[C@@H]2OC(CO)[C@H](O)[C@H](O)C2O)C(O)[C@H](O)[C@H](O)C1O. The molecule has 0 bridgehead atoms. The van der Waals surface area contributed by atoms with Gasteiger partial charge in [0.2, 0.25) is 0 Å². The standard InChI is InChI=1S/C47H91O17P/c1-3-5-7-9-11-13-15-17-19-21-23-25-27-29-31-59-35(33-60-37(49)30-28-26-24-22-20-18-16-14-12-10-8-6-4-2)34-61-65(57,58)64-46-43(55)41(53)40(52)42(54)45(46)63-47-44(56)39(51)38(50)36(32-48)62-47/h35-36,38-48,50-56H,3-34H2,1-2H3,(H,57,58)/t35-,36?,38-,39-,40+,41-,42?,43?,44?,45?,46-,47-/m0/s1. The first kappa shape index (κ1) is 60.3. The number of hydrogen-bond acceptors (Lipinski definition) is 16. The molecule has 1 heterocycles. The second kappa shape index (κ2) is 36.1. The van der Waals surface area contributed by atoms with Crippen molar-refractivity contribution in [3.05, 3.63) is 0 Å². The van der Waals surface area contributed by atoms with E-state index in [2.05, 4.69) is 13.8 Å². The van der Waals surface area contributed by atoms with E-state index in [-0.39, 0.29) is 19.6 Å². The van der Waals surface area contributed by atoms with Crippen LogP contribution in [0.4, 0.5) is 0 Å². The van der Waals surface area contributed by atoms with Crippen LogP contribution in [0.2, 0.25) is 0 Å². The van der Waals surface area contributed by atoms with Crippen LogP contribution < -0.4 is 0 Å². The number of phosphoric ester groups is 1. The normalized spacial score (nSPS) is 28.6. The molecular formula is C47H91O17P. The summed E-state index contributed by atoms with van der Waals surface area (Å²) in [5, 5.41) is 82.9. The lowest BCUT2D eigenvalue weighted by atomic mass is 9.84. The Labute approximate surface area is 389 Å². The molecule has 17 nitrogen and oxygen atoms in total. The van der Waals surface area contributed by atoms with Crippen LogP contribution in [0.15, 0.2) is 0 Å². The van der Waals surface area contributed by atoms with Crippen LogP contribution in [0.25, 0.3) is 0 Å². The van der Waals surface area contributed by atoms with E-state index in [4.69, 9.17) is 28.0 Å². The molecule has 18 heteroatoms. The largest absolute Gasteiger partial charge is 0.472 e. The van der Waals surface area contributed by atoms with Crippen LogP contribution in [0.3, 0.4) is 0 Å². The number of aliphatic hydroxyl groups is 8. The van der Waals surface area contributed by atoms with Gasteiger partial charge in [-0.1, -0.05) is 174 Å². The molecule has 1 saturated carbocycles. The summed E-state index contributed by atoms with van der Waals surface area (Å²) in [4.78, 5) is 23.6. The molecule has 0 amide bonds. The fourth-order valence-electron chi connectivity index (χ4n) is 8.39. The maximum Gasteiger partial charge on any atom is 0.472 e. The molecule has 0 radical (unpaired) electrons. The van der Waals surface area contributed by atoms with Gasteiger partial charge in [-0.25, -0.2) is 4.57 Å². The third kappa shape index (κ3) is 25.0. The van der Waals surface area contributed by atoms with Crippen LogP contribution in [0.1, 0.15) is 194 Å². The fraction of sp³-hybridized carbons (Fsp3) is 0.979. The van der Waals surface area contributed by atoms with E-state index in [9.17, 15) is 55.1 Å². The second-order valence-corrected chi connectivity index (χ2v) is 19.8. The van der Waals surface area contributed by atoms with E-state index in [1.54, 1.807) is 0 Å². The lowest BCUT2D eigenvalue weighted by Crippen LogP contribution is -2.67. The van der Waals surface area contributed by atoms with E-state index < -0.39 is 100 Å². The minimum Gasteiger partial charge on any atom is -0.463 e. The highest BCUT2D eigenvalue weighted by Gasteiger charge is 2.55. The number of phosphoric acid groups is 1. The number of carbonyl (C=O) groups excluding carboxylic acids is 1. The molecular weight excluding hydrogens is 867 g/mol. The average Bonchev–Trinajstić information content (AvgIpc) is 3.29. The summed E-state index contributed by atoms with van der Waals surface area (Å²) >= 11 is 0. The first-order valence-electron chi connectivity index (χ1n) is 25.4. The van der Waals surface area contributed by atoms with E-state index in [0.29, 0.717) is 12.8 Å². The van der Waals surface area contributed by atoms with Crippen molar-refractivity contribution in [3.8, 4) is 0 Å². The Kier molecular flexibility index (Phi) is 33.5. The lowest BCUT2D eigenvalue weighted by molar-refractivity contribution is -0.338. The highest BCUT2D eigenvalue weighted by atomic mass is 31.2. The zero-order valence-electron chi connectivity index (χ0n) is 39.8. The van der Waals surface area contributed by atoms with Crippen molar-refractivity contribution in [3.63, 3.8) is 0 Å². The number of aliphatic hydroxyl groups excluding tert-OH is 8. The number of unbranched alkanes of at least 4 members (excludes halogenated alkanes) is 25. The van der Waals surface area contributed by atoms with Crippen molar-refractivity contribution in [2.75, 3.05) is 26.4 Å². The molecule has 1 aliphatic carbocycles. The first-order valence-corrected chi connectivity index (χ1v) is 26.9. The predicted octanol–water partition coefficient (Wildman–Crippen LogP) is 6.02. The van der Waals surface area contributed by atoms with Crippen molar-refractivity contribution in [1.82, 2.24) is 0 Å². The van der Waals surface area contributed by atoms with Crippen molar-refractivity contribution in [2.45, 2.75) is 267 Å². The first-order chi connectivity index (χ1) is 31.3. The van der Waals surface area contributed by atoms with Gasteiger partial charge in [-0.15, -0.1) is 0 Å². The number of hydrogen-bond donors (Lipinski definition) is 9. The minimum atomic E-state index is -5.23. The van der Waals surface area contributed by atoms with Crippen molar-refractivity contribution >= 4 is 13.8 Å². The van der Waals surface area contributed by atoms with Gasteiger partial charge in [0.1, 0.15) is 73.8 Å². The number of rotatable bonds is 40. The van der Waals surface area contributed by atoms with E-state index in [1.807, 2.05) is 0 Å². The zero-order chi connectivity index (χ0) is 47.9. The molecule has 2 aliphatic rings. The maximum absolute atomic E-state index is 13.4. The summed E-state index contributed by atoms with van der Waals surface area (Å²) < 4.78 is 46.2. The van der Waals surface area contributed by atoms with Crippen molar-refractivity contribution in [2.24, 2.45) is 0 Å². The molecule has 9 N–H and O–H groups in total. The Bertz CT molecular complexity index is 1220. The summed E-state index contributed by atoms with van der Waals surface area (Å²) in [6.45, 7) is 3.00. The van der Waals surface area contributed by atoms with Crippen molar-refractivity contribution < 1.29 is 83.1 Å². The maximum atomic E-state index is 13.4. The van der Waals surface area contributed by atoms with Crippen LogP contribution >= 0.6 is 7.82 Å². The van der Waals surface area contributed by atoms with Crippen LogP contribution in [-0.4, -0.2) is 152 Å². The van der Waals surface area contributed by atoms with Gasteiger partial charge in [0.15, 0.2) is 6.29 Å². The van der Waals surface area contributed by atoms with Gasteiger partial charge in [-0.05, 0) is 12.8 Å². The van der Waals surface area contributed by atoms with Crippen LogP contribution in [0, 0.1) is 0 Å². The summed E-state index contributed by atoms with van der Waals surface area (Å²) in [7, 11) is -5.23. The Balaban J connectivity index is 1.91. The summed E-state index contributed by atoms with van der Waals surface area (Å²) in [5.41, 5.74) is 0. The smallest absolute Gasteiger partial charge is 0.463 e. The Morgan fingerprint density at radius 2 is 0.954 bits per heavy atom. The lowest BCUT2D eigenvalue weighted by Gasteiger charge is -2.47. The van der Waals surface area contributed by atoms with Crippen LogP contribution in [0.5, 0.6) is 0 Å². The van der Waals surface area contributed by atoms with Crippen LogP contribution in [-0.2, 0) is 37.4 Å². The van der Waals surface area contributed by atoms with E-state index in [1.165, 1.54) is 122 Å². The number of carbonyl (C=O) groups is 1. The quantitative estimate of drug-likeness (QED) is 0.0193. The fourth-order valence-corrected chi connectivity index (χ4v) is 9.36. The molecule has 0 aromatic rings. The van der Waals surface area contributed by atoms with E-state index in [0.717, 1.165) is 38.5 Å². The van der Waals surface area contributed by atoms with E-state index >= 15 is 0 Å². The van der Waals surface area contributed by atoms with Gasteiger partial charge in [0, 0.05) is 13.0 Å². The third-order valence-corrected chi connectivity index (χ3v) is 13.6. The number of esters is 1. The van der Waals surface area contributed by atoms with Gasteiger partial charge in [0.05, 0.1) is 13.2 Å². The molecule has 1 aliphatic heterocycles. The average molecular weight is 959 g/mol. The Hall–Kier alpha value is -0.860. The second-order valence-electron chi connectivity index (χ2n) is 18.4. The highest BCUT2D eigenvalue weighted by Crippen LogP contribution is 2.48. The molecule has 6 unspecified atom stereocenters. The summed E-state index contributed by atoms with van der Waals surface area (Å²) in [5.74, 6) is -0.443. The molecule has 0 aromatic heterocycles.